The summed E-state index contributed by atoms with van der Waals surface area (Å²) in [5.74, 6) is -0.942. The molecule has 1 atom stereocenters. The van der Waals surface area contributed by atoms with Crippen molar-refractivity contribution in [3.8, 4) is 5.75 Å². The Labute approximate surface area is 130 Å². The van der Waals surface area contributed by atoms with E-state index in [1.165, 1.54) is 6.92 Å². The molecule has 0 fully saturated rings. The molecule has 0 aromatic heterocycles. The number of hydrogen-bond donors (Lipinski definition) is 2. The predicted molar refractivity (Wildman–Crippen MR) is 82.2 cm³/mol. The van der Waals surface area contributed by atoms with Gasteiger partial charge in [-0.25, -0.2) is 4.79 Å². The van der Waals surface area contributed by atoms with E-state index in [-0.39, 0.29) is 0 Å². The van der Waals surface area contributed by atoms with Crippen LogP contribution < -0.4 is 10.1 Å². The highest BCUT2D eigenvalue weighted by molar-refractivity contribution is 5.98. The molecule has 0 heterocycles. The number of benzene rings is 1. The molecule has 0 aliphatic carbocycles. The summed E-state index contributed by atoms with van der Waals surface area (Å²) in [7, 11) is 1.58. The smallest absolute Gasteiger partial charge is 0.329 e. The Morgan fingerprint density at radius 3 is 2.64 bits per heavy atom. The lowest BCUT2D eigenvalue weighted by Gasteiger charge is -2.25. The molecule has 1 unspecified atom stereocenters. The number of rotatable bonds is 9. The van der Waals surface area contributed by atoms with Crippen molar-refractivity contribution in [3.63, 3.8) is 0 Å². The molecule has 6 nitrogen and oxygen atoms in total. The molecule has 1 amide bonds. The zero-order valence-corrected chi connectivity index (χ0v) is 13.2. The molecule has 1 aromatic carbocycles. The van der Waals surface area contributed by atoms with Crippen molar-refractivity contribution >= 4 is 11.9 Å². The lowest BCUT2D eigenvalue weighted by Crippen LogP contribution is -2.52. The number of aliphatic carboxylic acids is 1. The number of methoxy groups -OCH3 is 1. The third-order valence-electron chi connectivity index (χ3n) is 3.26. The minimum atomic E-state index is -1.28. The molecule has 1 rings (SSSR count). The van der Waals surface area contributed by atoms with Crippen LogP contribution in [0.5, 0.6) is 5.75 Å². The van der Waals surface area contributed by atoms with Gasteiger partial charge in [-0.2, -0.15) is 0 Å². The lowest BCUT2D eigenvalue weighted by molar-refractivity contribution is -0.144. The van der Waals surface area contributed by atoms with Gasteiger partial charge in [0, 0.05) is 12.7 Å². The molecule has 22 heavy (non-hydrogen) atoms. The molecular weight excluding hydrogens is 286 g/mol. The second-order valence-corrected chi connectivity index (χ2v) is 5.21. The molecule has 0 aliphatic heterocycles. The van der Waals surface area contributed by atoms with Crippen LogP contribution in [-0.4, -0.2) is 42.8 Å². The summed E-state index contributed by atoms with van der Waals surface area (Å²) in [4.78, 5) is 23.6. The highest BCUT2D eigenvalue weighted by Crippen LogP contribution is 2.17. The largest absolute Gasteiger partial charge is 0.491 e. The number of ether oxygens (including phenoxy) is 2. The monoisotopic (exact) mass is 309 g/mol. The highest BCUT2D eigenvalue weighted by atomic mass is 16.5. The van der Waals surface area contributed by atoms with E-state index in [0.717, 1.165) is 0 Å². The van der Waals surface area contributed by atoms with Crippen molar-refractivity contribution in [2.24, 2.45) is 0 Å². The van der Waals surface area contributed by atoms with Crippen LogP contribution in [0.1, 0.15) is 37.0 Å². The Bertz CT molecular complexity index is 517. The quantitative estimate of drug-likeness (QED) is 0.682. The van der Waals surface area contributed by atoms with Gasteiger partial charge in [0.1, 0.15) is 17.9 Å². The van der Waals surface area contributed by atoms with E-state index in [2.05, 4.69) is 5.32 Å². The zero-order chi connectivity index (χ0) is 16.6. The maximum atomic E-state index is 12.3. The number of carboxylic acid groups (broad SMARTS) is 1. The van der Waals surface area contributed by atoms with Crippen molar-refractivity contribution in [1.82, 2.24) is 5.32 Å². The maximum Gasteiger partial charge on any atom is 0.329 e. The van der Waals surface area contributed by atoms with Gasteiger partial charge in [-0.3, -0.25) is 4.79 Å². The van der Waals surface area contributed by atoms with Crippen LogP contribution in [0.15, 0.2) is 24.3 Å². The summed E-state index contributed by atoms with van der Waals surface area (Å²) in [6, 6.07) is 6.62. The number of carbonyl (C=O) groups is 2. The van der Waals surface area contributed by atoms with Gasteiger partial charge in [-0.1, -0.05) is 19.4 Å². The zero-order valence-electron chi connectivity index (χ0n) is 13.2. The second kappa shape index (κ2) is 8.38. The van der Waals surface area contributed by atoms with Crippen LogP contribution in [0.25, 0.3) is 0 Å². The fourth-order valence-corrected chi connectivity index (χ4v) is 2.02. The lowest BCUT2D eigenvalue weighted by atomic mass is 9.95. The van der Waals surface area contributed by atoms with Crippen LogP contribution in [0.2, 0.25) is 0 Å². The van der Waals surface area contributed by atoms with Crippen LogP contribution in [0, 0.1) is 0 Å². The Hall–Kier alpha value is -2.08. The Morgan fingerprint density at radius 1 is 1.32 bits per heavy atom. The highest BCUT2D eigenvalue weighted by Gasteiger charge is 2.34. The average molecular weight is 309 g/mol. The molecule has 0 radical (unpaired) electrons. The Kier molecular flexibility index (Phi) is 6.85. The number of amides is 1. The first-order valence-corrected chi connectivity index (χ1v) is 7.20. The van der Waals surface area contributed by atoms with Crippen LogP contribution in [-0.2, 0) is 9.53 Å². The molecule has 2 N–H and O–H groups in total. The molecular formula is C16H23NO5. The van der Waals surface area contributed by atoms with E-state index in [1.54, 1.807) is 31.4 Å². The standard InChI is InChI=1S/C16H23NO5/c1-4-8-16(2,15(19)20)17-14(18)12-6-5-7-13(11-12)22-10-9-21-3/h5-7,11H,4,8-10H2,1-3H3,(H,17,18)(H,19,20). The number of carboxylic acids is 1. The van der Waals surface area contributed by atoms with Crippen LogP contribution in [0.3, 0.4) is 0 Å². The Morgan fingerprint density at radius 2 is 2.05 bits per heavy atom. The molecule has 0 bridgehead atoms. The van der Waals surface area contributed by atoms with E-state index >= 15 is 0 Å². The van der Waals surface area contributed by atoms with Gasteiger partial charge in [-0.15, -0.1) is 0 Å². The predicted octanol–water partition coefficient (Wildman–Crippen LogP) is 2.08. The van der Waals surface area contributed by atoms with E-state index in [1.807, 2.05) is 6.92 Å². The molecule has 0 spiro atoms. The minimum Gasteiger partial charge on any atom is -0.491 e. The number of nitrogens with one attached hydrogen (secondary N) is 1. The van der Waals surface area contributed by atoms with Crippen molar-refractivity contribution in [2.45, 2.75) is 32.2 Å². The van der Waals surface area contributed by atoms with E-state index < -0.39 is 17.4 Å². The van der Waals surface area contributed by atoms with Gasteiger partial charge >= 0.3 is 5.97 Å². The molecule has 6 heteroatoms. The summed E-state index contributed by atoms with van der Waals surface area (Å²) in [5.41, 5.74) is -0.919. The molecule has 1 aromatic rings. The Balaban J connectivity index is 2.80. The second-order valence-electron chi connectivity index (χ2n) is 5.21. The molecule has 0 saturated heterocycles. The summed E-state index contributed by atoms with van der Waals surface area (Å²) >= 11 is 0. The molecule has 0 aliphatic rings. The normalized spacial score (nSPS) is 13.2. The van der Waals surface area contributed by atoms with Crippen molar-refractivity contribution in [2.75, 3.05) is 20.3 Å². The first-order valence-electron chi connectivity index (χ1n) is 7.20. The van der Waals surface area contributed by atoms with Gasteiger partial charge in [-0.05, 0) is 31.5 Å². The van der Waals surface area contributed by atoms with E-state index in [9.17, 15) is 14.7 Å². The van der Waals surface area contributed by atoms with Gasteiger partial charge in [0.05, 0.1) is 6.61 Å². The maximum absolute atomic E-state index is 12.3. The van der Waals surface area contributed by atoms with Gasteiger partial charge < -0.3 is 19.9 Å². The third kappa shape index (κ3) is 5.04. The third-order valence-corrected chi connectivity index (χ3v) is 3.26. The van der Waals surface area contributed by atoms with E-state index in [0.29, 0.717) is 37.4 Å². The van der Waals surface area contributed by atoms with Crippen molar-refractivity contribution < 1.29 is 24.2 Å². The SMILES string of the molecule is CCCC(C)(NC(=O)c1cccc(OCCOC)c1)C(=O)O. The van der Waals surface area contributed by atoms with Crippen molar-refractivity contribution in [1.29, 1.82) is 0 Å². The summed E-state index contributed by atoms with van der Waals surface area (Å²) < 4.78 is 10.3. The number of hydrogen-bond acceptors (Lipinski definition) is 4. The van der Waals surface area contributed by atoms with Crippen LogP contribution in [0.4, 0.5) is 0 Å². The van der Waals surface area contributed by atoms with Gasteiger partial charge in [0.15, 0.2) is 0 Å². The van der Waals surface area contributed by atoms with Gasteiger partial charge in [0.25, 0.3) is 5.91 Å². The average Bonchev–Trinajstić information content (AvgIpc) is 2.48. The summed E-state index contributed by atoms with van der Waals surface area (Å²) in [5, 5.41) is 11.9. The first-order chi connectivity index (χ1) is 10.4. The number of carbonyl (C=O) groups excluding carboxylic acids is 1. The molecule has 0 saturated carbocycles. The summed E-state index contributed by atoms with van der Waals surface area (Å²) in [6.07, 6.45) is 1.02. The van der Waals surface area contributed by atoms with E-state index in [4.69, 9.17) is 9.47 Å². The molecule has 122 valence electrons. The van der Waals surface area contributed by atoms with Crippen molar-refractivity contribution in [3.05, 3.63) is 29.8 Å². The van der Waals surface area contributed by atoms with Gasteiger partial charge in [0.2, 0.25) is 0 Å². The summed E-state index contributed by atoms with van der Waals surface area (Å²) in [6.45, 7) is 4.21. The fraction of sp³-hybridized carbons (Fsp3) is 0.500. The minimum absolute atomic E-state index is 0.359. The topological polar surface area (TPSA) is 84.9 Å². The first kappa shape index (κ1) is 18.0. The fourth-order valence-electron chi connectivity index (χ4n) is 2.02. The van der Waals surface area contributed by atoms with Crippen LogP contribution >= 0.6 is 0 Å².